The molecule has 116 valence electrons. The Hall–Kier alpha value is -2.24. The molecule has 0 atom stereocenters. The van der Waals surface area contributed by atoms with Gasteiger partial charge < -0.3 is 21.3 Å². The highest BCUT2D eigenvalue weighted by Crippen LogP contribution is 2.24. The molecule has 0 aliphatic heterocycles. The van der Waals surface area contributed by atoms with Crippen molar-refractivity contribution in [3.63, 3.8) is 0 Å². The van der Waals surface area contributed by atoms with Crippen LogP contribution in [-0.4, -0.2) is 38.5 Å². The maximum atomic E-state index is 12.2. The van der Waals surface area contributed by atoms with Crippen molar-refractivity contribution in [1.82, 2.24) is 10.6 Å². The Morgan fingerprint density at radius 3 is 2.57 bits per heavy atom. The van der Waals surface area contributed by atoms with E-state index in [0.717, 1.165) is 6.42 Å². The van der Waals surface area contributed by atoms with Crippen LogP contribution in [0.5, 0.6) is 0 Å². The molecule has 0 heterocycles. The predicted molar refractivity (Wildman–Crippen MR) is 85.4 cm³/mol. The number of nitrogens with two attached hydrogens (primary N) is 1. The summed E-state index contributed by atoms with van der Waals surface area (Å²) in [5.74, 6) is -0.266. The molecule has 1 aromatic rings. The Balaban J connectivity index is 3.17. The first-order valence-electron chi connectivity index (χ1n) is 7.16. The summed E-state index contributed by atoms with van der Waals surface area (Å²) in [5, 5.41) is 5.38. The number of carbonyl (C=O) groups excluding carboxylic acids is 2. The quantitative estimate of drug-likeness (QED) is 0.654. The van der Waals surface area contributed by atoms with Crippen LogP contribution in [0.1, 0.15) is 30.6 Å². The SMILES string of the molecule is CCCN(CC(=O)NC)c1cc(N)ccc1C(=O)NCC. The van der Waals surface area contributed by atoms with Gasteiger partial charge in [-0.25, -0.2) is 0 Å². The summed E-state index contributed by atoms with van der Waals surface area (Å²) < 4.78 is 0. The van der Waals surface area contributed by atoms with E-state index in [1.54, 1.807) is 25.2 Å². The zero-order valence-electron chi connectivity index (χ0n) is 12.9. The maximum Gasteiger partial charge on any atom is 0.253 e. The molecule has 2 amide bonds. The number of likely N-dealkylation sites (N-methyl/N-ethyl adjacent to an activating group) is 1. The third kappa shape index (κ3) is 4.66. The molecule has 0 saturated carbocycles. The second-order valence-corrected chi connectivity index (χ2v) is 4.73. The van der Waals surface area contributed by atoms with Crippen molar-refractivity contribution in [1.29, 1.82) is 0 Å². The van der Waals surface area contributed by atoms with Gasteiger partial charge in [-0.1, -0.05) is 6.92 Å². The standard InChI is InChI=1S/C15H24N4O2/c1-4-8-19(10-14(20)17-3)13-9-11(16)6-7-12(13)15(21)18-5-2/h6-7,9H,4-5,8,10,16H2,1-3H3,(H,17,20)(H,18,21). The second kappa shape index (κ2) is 8.14. The average Bonchev–Trinajstić information content (AvgIpc) is 2.46. The Bertz CT molecular complexity index is 502. The van der Waals surface area contributed by atoms with Crippen LogP contribution in [0.25, 0.3) is 0 Å². The van der Waals surface area contributed by atoms with E-state index in [0.29, 0.717) is 30.0 Å². The zero-order chi connectivity index (χ0) is 15.8. The molecule has 6 nitrogen and oxygen atoms in total. The Kier molecular flexibility index (Phi) is 6.52. The Morgan fingerprint density at radius 1 is 1.29 bits per heavy atom. The van der Waals surface area contributed by atoms with Crippen LogP contribution >= 0.6 is 0 Å². The minimum atomic E-state index is -0.162. The number of carbonyl (C=O) groups is 2. The van der Waals surface area contributed by atoms with E-state index in [1.807, 2.05) is 18.7 Å². The topological polar surface area (TPSA) is 87.5 Å². The van der Waals surface area contributed by atoms with Gasteiger partial charge in [0.1, 0.15) is 0 Å². The van der Waals surface area contributed by atoms with Crippen molar-refractivity contribution in [3.05, 3.63) is 23.8 Å². The van der Waals surface area contributed by atoms with Crippen LogP contribution < -0.4 is 21.3 Å². The predicted octanol–water partition coefficient (Wildman–Crippen LogP) is 0.981. The molecule has 21 heavy (non-hydrogen) atoms. The molecule has 0 radical (unpaired) electrons. The highest BCUT2D eigenvalue weighted by Gasteiger charge is 2.18. The average molecular weight is 292 g/mol. The summed E-state index contributed by atoms with van der Waals surface area (Å²) in [6.45, 7) is 5.30. The monoisotopic (exact) mass is 292 g/mol. The number of hydrogen-bond acceptors (Lipinski definition) is 4. The number of hydrogen-bond donors (Lipinski definition) is 3. The van der Waals surface area contributed by atoms with E-state index >= 15 is 0 Å². The summed E-state index contributed by atoms with van der Waals surface area (Å²) >= 11 is 0. The molecule has 4 N–H and O–H groups in total. The molecule has 6 heteroatoms. The fourth-order valence-corrected chi connectivity index (χ4v) is 2.07. The first kappa shape index (κ1) is 16.8. The molecule has 0 unspecified atom stereocenters. The first-order valence-corrected chi connectivity index (χ1v) is 7.16. The number of nitrogens with one attached hydrogen (secondary N) is 2. The number of rotatable bonds is 7. The van der Waals surface area contributed by atoms with Crippen molar-refractivity contribution in [2.24, 2.45) is 0 Å². The highest BCUT2D eigenvalue weighted by molar-refractivity contribution is 6.01. The summed E-state index contributed by atoms with van der Waals surface area (Å²) in [6, 6.07) is 5.13. The van der Waals surface area contributed by atoms with Gasteiger partial charge in [-0.2, -0.15) is 0 Å². The van der Waals surface area contributed by atoms with Crippen LogP contribution in [-0.2, 0) is 4.79 Å². The molecule has 0 saturated heterocycles. The van der Waals surface area contributed by atoms with Crippen LogP contribution in [0.15, 0.2) is 18.2 Å². The lowest BCUT2D eigenvalue weighted by molar-refractivity contribution is -0.119. The van der Waals surface area contributed by atoms with Crippen LogP contribution in [0.4, 0.5) is 11.4 Å². The van der Waals surface area contributed by atoms with Crippen molar-refractivity contribution in [3.8, 4) is 0 Å². The normalized spacial score (nSPS) is 10.0. The number of nitrogen functional groups attached to an aromatic ring is 1. The van der Waals surface area contributed by atoms with Crippen LogP contribution in [0.3, 0.4) is 0 Å². The summed E-state index contributed by atoms with van der Waals surface area (Å²) in [7, 11) is 1.59. The third-order valence-corrected chi connectivity index (χ3v) is 3.05. The third-order valence-electron chi connectivity index (χ3n) is 3.05. The van der Waals surface area contributed by atoms with Gasteiger partial charge in [-0.3, -0.25) is 9.59 Å². The summed E-state index contributed by atoms with van der Waals surface area (Å²) in [5.41, 5.74) is 7.62. The number of nitrogens with zero attached hydrogens (tertiary/aromatic N) is 1. The summed E-state index contributed by atoms with van der Waals surface area (Å²) in [4.78, 5) is 25.7. The van der Waals surface area contributed by atoms with Crippen LogP contribution in [0, 0.1) is 0 Å². The molecular weight excluding hydrogens is 268 g/mol. The lowest BCUT2D eigenvalue weighted by Gasteiger charge is -2.26. The van der Waals surface area contributed by atoms with Crippen molar-refractivity contribution < 1.29 is 9.59 Å². The van der Waals surface area contributed by atoms with Crippen molar-refractivity contribution in [2.45, 2.75) is 20.3 Å². The minimum Gasteiger partial charge on any atom is -0.399 e. The molecule has 0 fully saturated rings. The Labute approximate surface area is 125 Å². The lowest BCUT2D eigenvalue weighted by Crippen LogP contribution is -2.37. The van der Waals surface area contributed by atoms with Crippen LogP contribution in [0.2, 0.25) is 0 Å². The van der Waals surface area contributed by atoms with Gasteiger partial charge in [0.25, 0.3) is 5.91 Å². The van der Waals surface area contributed by atoms with Gasteiger partial charge in [0.15, 0.2) is 0 Å². The van der Waals surface area contributed by atoms with Gasteiger partial charge in [-0.15, -0.1) is 0 Å². The fraction of sp³-hybridized carbons (Fsp3) is 0.467. The number of anilines is 2. The van der Waals surface area contributed by atoms with E-state index in [9.17, 15) is 9.59 Å². The van der Waals surface area contributed by atoms with Gasteiger partial charge in [0, 0.05) is 25.8 Å². The second-order valence-electron chi connectivity index (χ2n) is 4.73. The molecule has 0 aliphatic rings. The van der Waals surface area contributed by atoms with E-state index in [4.69, 9.17) is 5.73 Å². The molecule has 0 spiro atoms. The summed E-state index contributed by atoms with van der Waals surface area (Å²) in [6.07, 6.45) is 0.862. The Morgan fingerprint density at radius 2 is 2.00 bits per heavy atom. The van der Waals surface area contributed by atoms with Gasteiger partial charge in [-0.05, 0) is 31.5 Å². The zero-order valence-corrected chi connectivity index (χ0v) is 12.9. The molecule has 0 aliphatic carbocycles. The minimum absolute atomic E-state index is 0.104. The molecule has 0 aromatic heterocycles. The van der Waals surface area contributed by atoms with Crippen molar-refractivity contribution in [2.75, 3.05) is 37.3 Å². The van der Waals surface area contributed by atoms with Gasteiger partial charge in [0.05, 0.1) is 17.8 Å². The lowest BCUT2D eigenvalue weighted by atomic mass is 10.1. The first-order chi connectivity index (χ1) is 10.0. The van der Waals surface area contributed by atoms with Gasteiger partial charge >= 0.3 is 0 Å². The molecule has 0 bridgehead atoms. The fourth-order valence-electron chi connectivity index (χ4n) is 2.07. The van der Waals surface area contributed by atoms with E-state index in [1.165, 1.54) is 0 Å². The highest BCUT2D eigenvalue weighted by atomic mass is 16.2. The van der Waals surface area contributed by atoms with E-state index in [2.05, 4.69) is 10.6 Å². The van der Waals surface area contributed by atoms with E-state index < -0.39 is 0 Å². The van der Waals surface area contributed by atoms with Crippen molar-refractivity contribution >= 4 is 23.2 Å². The smallest absolute Gasteiger partial charge is 0.253 e. The molecule has 1 rings (SSSR count). The van der Waals surface area contributed by atoms with E-state index in [-0.39, 0.29) is 18.4 Å². The molecular formula is C15H24N4O2. The largest absolute Gasteiger partial charge is 0.399 e. The maximum absolute atomic E-state index is 12.2. The van der Waals surface area contributed by atoms with Gasteiger partial charge in [0.2, 0.25) is 5.91 Å². The molecule has 1 aromatic carbocycles. The number of benzene rings is 1. The number of amides is 2.